The molecule has 2 saturated carbocycles. The largest absolute Gasteiger partial charge is 0.471 e. The van der Waals surface area contributed by atoms with Gasteiger partial charge in [-0.15, -0.1) is 0 Å². The molecule has 0 saturated heterocycles. The van der Waals surface area contributed by atoms with Crippen LogP contribution in [-0.4, -0.2) is 35.2 Å². The van der Waals surface area contributed by atoms with Gasteiger partial charge in [-0.1, -0.05) is 18.6 Å². The molecule has 0 aliphatic heterocycles. The highest BCUT2D eigenvalue weighted by Gasteiger charge is 2.42. The maximum absolute atomic E-state index is 12.7. The van der Waals surface area contributed by atoms with Crippen molar-refractivity contribution >= 4 is 23.3 Å². The van der Waals surface area contributed by atoms with Crippen molar-refractivity contribution in [2.45, 2.75) is 51.7 Å². The Morgan fingerprint density at radius 3 is 2.41 bits per heavy atom. The number of benzene rings is 1. The van der Waals surface area contributed by atoms with Gasteiger partial charge in [-0.3, -0.25) is 14.4 Å². The molecule has 3 rings (SSSR count). The molecule has 2 fully saturated rings. The van der Waals surface area contributed by atoms with Crippen molar-refractivity contribution in [3.05, 3.63) is 29.8 Å². The van der Waals surface area contributed by atoms with Crippen LogP contribution in [0.2, 0.25) is 0 Å². The van der Waals surface area contributed by atoms with Gasteiger partial charge < -0.3 is 10.2 Å². The van der Waals surface area contributed by atoms with E-state index in [-0.39, 0.29) is 42.5 Å². The third-order valence-corrected chi connectivity index (χ3v) is 5.90. The number of nitrogens with one attached hydrogen (secondary N) is 1. The number of nitrogens with zero attached hydrogens (tertiary/aromatic N) is 1. The second-order valence-electron chi connectivity index (χ2n) is 7.90. The fourth-order valence-electron chi connectivity index (χ4n) is 4.41. The molecule has 8 heteroatoms. The predicted molar refractivity (Wildman–Crippen MR) is 101 cm³/mol. The van der Waals surface area contributed by atoms with Gasteiger partial charge in [0.2, 0.25) is 5.91 Å². The lowest BCUT2D eigenvalue weighted by atomic mass is 9.67. The Hall–Kier alpha value is -2.38. The molecule has 5 nitrogen and oxygen atoms in total. The summed E-state index contributed by atoms with van der Waals surface area (Å²) in [6, 6.07) is 6.50. The molecule has 29 heavy (non-hydrogen) atoms. The van der Waals surface area contributed by atoms with E-state index in [2.05, 4.69) is 5.32 Å². The molecule has 2 aliphatic carbocycles. The van der Waals surface area contributed by atoms with Crippen molar-refractivity contribution in [1.29, 1.82) is 0 Å². The smallest absolute Gasteiger partial charge is 0.331 e. The van der Waals surface area contributed by atoms with E-state index in [0.717, 1.165) is 24.2 Å². The lowest BCUT2D eigenvalue weighted by Crippen LogP contribution is -2.40. The van der Waals surface area contributed by atoms with Crippen LogP contribution in [0.1, 0.15) is 44.6 Å². The van der Waals surface area contributed by atoms with Gasteiger partial charge in [-0.05, 0) is 50.3 Å². The number of Topliss-reactive ketones (excluding diaryl/α,β-unsaturated/α-hetero) is 1. The lowest BCUT2D eigenvalue weighted by molar-refractivity contribution is -0.185. The summed E-state index contributed by atoms with van der Waals surface area (Å²) in [6.07, 6.45) is -1.08. The van der Waals surface area contributed by atoms with Gasteiger partial charge in [0.05, 0.1) is 0 Å². The second-order valence-corrected chi connectivity index (χ2v) is 7.90. The summed E-state index contributed by atoms with van der Waals surface area (Å²) in [7, 11) is 0. The van der Waals surface area contributed by atoms with Crippen LogP contribution in [0.25, 0.3) is 0 Å². The SMILES string of the molecule is CCN(Cc1cccc(NC(=O)C2CC3CCCC(C2)C3=O)c1)C(=O)C(F)(F)F. The molecule has 0 heterocycles. The first-order valence-electron chi connectivity index (χ1n) is 9.98. The third-order valence-electron chi connectivity index (χ3n) is 5.90. The van der Waals surface area contributed by atoms with E-state index < -0.39 is 12.1 Å². The van der Waals surface area contributed by atoms with Crippen molar-refractivity contribution in [3.8, 4) is 0 Å². The van der Waals surface area contributed by atoms with Crippen molar-refractivity contribution in [3.63, 3.8) is 0 Å². The van der Waals surface area contributed by atoms with Gasteiger partial charge in [0.1, 0.15) is 5.78 Å². The lowest BCUT2D eigenvalue weighted by Gasteiger charge is -2.36. The quantitative estimate of drug-likeness (QED) is 0.800. The van der Waals surface area contributed by atoms with Gasteiger partial charge in [0, 0.05) is 36.5 Å². The fourth-order valence-corrected chi connectivity index (χ4v) is 4.41. The molecular formula is C21H25F3N2O3. The average molecular weight is 410 g/mol. The summed E-state index contributed by atoms with van der Waals surface area (Å²) >= 11 is 0. The number of alkyl halides is 3. The number of anilines is 1. The van der Waals surface area contributed by atoms with Gasteiger partial charge in [-0.2, -0.15) is 13.2 Å². The van der Waals surface area contributed by atoms with Crippen LogP contribution in [-0.2, 0) is 20.9 Å². The van der Waals surface area contributed by atoms with E-state index in [1.165, 1.54) is 6.92 Å². The summed E-state index contributed by atoms with van der Waals surface area (Å²) < 4.78 is 38.1. The summed E-state index contributed by atoms with van der Waals surface area (Å²) in [4.78, 5) is 37.1. The summed E-state index contributed by atoms with van der Waals surface area (Å²) in [5.74, 6) is -2.05. The Labute approximate surface area is 167 Å². The Bertz CT molecular complexity index is 778. The van der Waals surface area contributed by atoms with Crippen LogP contribution < -0.4 is 5.32 Å². The van der Waals surface area contributed by atoms with Gasteiger partial charge in [0.25, 0.3) is 0 Å². The second kappa shape index (κ2) is 8.55. The highest BCUT2D eigenvalue weighted by atomic mass is 19.4. The van der Waals surface area contributed by atoms with E-state index in [0.29, 0.717) is 24.1 Å². The van der Waals surface area contributed by atoms with Crippen LogP contribution in [0.3, 0.4) is 0 Å². The molecule has 0 aromatic heterocycles. The molecule has 158 valence electrons. The van der Waals surface area contributed by atoms with Crippen LogP contribution in [0.4, 0.5) is 18.9 Å². The van der Waals surface area contributed by atoms with E-state index in [1.54, 1.807) is 24.3 Å². The monoisotopic (exact) mass is 410 g/mol. The Morgan fingerprint density at radius 1 is 1.17 bits per heavy atom. The highest BCUT2D eigenvalue weighted by molar-refractivity contribution is 5.95. The number of ketones is 1. The number of amides is 2. The molecule has 2 atom stereocenters. The Kier molecular flexibility index (Phi) is 6.29. The zero-order chi connectivity index (χ0) is 21.2. The topological polar surface area (TPSA) is 66.5 Å². The zero-order valence-corrected chi connectivity index (χ0v) is 16.3. The van der Waals surface area contributed by atoms with E-state index in [4.69, 9.17) is 0 Å². The molecule has 2 aliphatic rings. The number of hydrogen-bond acceptors (Lipinski definition) is 3. The molecule has 0 radical (unpaired) electrons. The van der Waals surface area contributed by atoms with Crippen molar-refractivity contribution < 1.29 is 27.6 Å². The first kappa shape index (κ1) is 21.3. The van der Waals surface area contributed by atoms with Crippen LogP contribution in [0.5, 0.6) is 0 Å². The first-order valence-corrected chi connectivity index (χ1v) is 9.98. The summed E-state index contributed by atoms with van der Waals surface area (Å²) in [5, 5.41) is 2.83. The maximum atomic E-state index is 12.7. The Morgan fingerprint density at radius 2 is 1.83 bits per heavy atom. The van der Waals surface area contributed by atoms with Crippen molar-refractivity contribution in [2.24, 2.45) is 17.8 Å². The number of carbonyl (C=O) groups is 3. The normalized spacial score (nSPS) is 24.1. The molecule has 1 aromatic rings. The van der Waals surface area contributed by atoms with Gasteiger partial charge >= 0.3 is 12.1 Å². The average Bonchev–Trinajstić information content (AvgIpc) is 2.65. The van der Waals surface area contributed by atoms with E-state index >= 15 is 0 Å². The van der Waals surface area contributed by atoms with E-state index in [9.17, 15) is 27.6 Å². The highest BCUT2D eigenvalue weighted by Crippen LogP contribution is 2.40. The molecule has 0 spiro atoms. The molecular weight excluding hydrogens is 385 g/mol. The number of rotatable bonds is 5. The molecule has 2 amide bonds. The molecule has 2 bridgehead atoms. The minimum Gasteiger partial charge on any atom is -0.331 e. The molecule has 2 unspecified atom stereocenters. The van der Waals surface area contributed by atoms with Gasteiger partial charge in [-0.25, -0.2) is 0 Å². The van der Waals surface area contributed by atoms with Crippen molar-refractivity contribution in [2.75, 3.05) is 11.9 Å². The van der Waals surface area contributed by atoms with Gasteiger partial charge in [0.15, 0.2) is 0 Å². The van der Waals surface area contributed by atoms with Crippen molar-refractivity contribution in [1.82, 2.24) is 4.90 Å². The Balaban J connectivity index is 1.64. The van der Waals surface area contributed by atoms with Crippen LogP contribution in [0, 0.1) is 17.8 Å². The van der Waals surface area contributed by atoms with Crippen LogP contribution in [0.15, 0.2) is 24.3 Å². The minimum absolute atomic E-state index is 0.0314. The molecule has 1 N–H and O–H groups in total. The predicted octanol–water partition coefficient (Wildman–Crippen LogP) is 3.93. The fraction of sp³-hybridized carbons (Fsp3) is 0.571. The zero-order valence-electron chi connectivity index (χ0n) is 16.3. The number of halogens is 3. The number of fused-ring (bicyclic) bond motifs is 2. The molecule has 1 aromatic carbocycles. The van der Waals surface area contributed by atoms with Crippen LogP contribution >= 0.6 is 0 Å². The number of hydrogen-bond donors (Lipinski definition) is 1. The summed E-state index contributed by atoms with van der Waals surface area (Å²) in [6.45, 7) is 1.21. The standard InChI is InChI=1S/C21H25F3N2O3/c1-2-26(20(29)21(22,23)24)12-13-5-3-8-17(9-13)25-19(28)16-10-14-6-4-7-15(11-16)18(14)27/h3,5,8-9,14-16H,2,4,6-7,10-12H2,1H3,(H,25,28). The third kappa shape index (κ3) is 4.97. The number of carbonyl (C=O) groups excluding carboxylic acids is 3. The first-order chi connectivity index (χ1) is 13.7. The van der Waals surface area contributed by atoms with E-state index in [1.807, 2.05) is 0 Å². The minimum atomic E-state index is -4.92. The maximum Gasteiger partial charge on any atom is 0.471 e. The summed E-state index contributed by atoms with van der Waals surface area (Å²) in [5.41, 5.74) is 0.975.